The third-order valence-corrected chi connectivity index (χ3v) is 6.93. The van der Waals surface area contributed by atoms with E-state index in [1.807, 2.05) is 38.1 Å². The van der Waals surface area contributed by atoms with Crippen LogP contribution in [-0.2, 0) is 26.2 Å². The molecule has 0 saturated heterocycles. The summed E-state index contributed by atoms with van der Waals surface area (Å²) in [6.45, 7) is 5.79. The van der Waals surface area contributed by atoms with E-state index < -0.39 is 28.5 Å². The number of amides is 2. The van der Waals surface area contributed by atoms with Crippen LogP contribution in [-0.4, -0.2) is 64.7 Å². The van der Waals surface area contributed by atoms with Crippen LogP contribution in [0.1, 0.15) is 37.8 Å². The SMILES string of the molecule is CCCCNC(=O)[C@@H](C)N(Cc1ccc(C)cc1)C(=O)CN(c1ccc(OC)cc1OC)S(C)(=O)=O. The van der Waals surface area contributed by atoms with Crippen LogP contribution in [0, 0.1) is 6.92 Å². The summed E-state index contributed by atoms with van der Waals surface area (Å²) in [5.74, 6) is -0.0920. The number of rotatable bonds is 13. The average Bonchev–Trinajstić information content (AvgIpc) is 2.85. The first kappa shape index (κ1) is 29.0. The lowest BCUT2D eigenvalue weighted by molar-refractivity contribution is -0.139. The van der Waals surface area contributed by atoms with Crippen molar-refractivity contribution in [1.82, 2.24) is 10.2 Å². The second-order valence-corrected chi connectivity index (χ2v) is 10.5. The van der Waals surface area contributed by atoms with E-state index in [4.69, 9.17) is 9.47 Å². The molecule has 2 rings (SSSR count). The number of anilines is 1. The van der Waals surface area contributed by atoms with Gasteiger partial charge in [-0.1, -0.05) is 43.2 Å². The molecule has 36 heavy (non-hydrogen) atoms. The molecule has 0 aliphatic carbocycles. The van der Waals surface area contributed by atoms with Crippen molar-refractivity contribution >= 4 is 27.5 Å². The van der Waals surface area contributed by atoms with Gasteiger partial charge < -0.3 is 19.7 Å². The number of methoxy groups -OCH3 is 2. The van der Waals surface area contributed by atoms with Gasteiger partial charge in [-0.05, 0) is 38.0 Å². The number of ether oxygens (including phenoxy) is 2. The van der Waals surface area contributed by atoms with Gasteiger partial charge in [-0.15, -0.1) is 0 Å². The lowest BCUT2D eigenvalue weighted by Gasteiger charge is -2.32. The van der Waals surface area contributed by atoms with Crippen LogP contribution in [0.3, 0.4) is 0 Å². The maximum atomic E-state index is 13.6. The van der Waals surface area contributed by atoms with Gasteiger partial charge in [0, 0.05) is 19.2 Å². The van der Waals surface area contributed by atoms with Crippen molar-refractivity contribution < 1.29 is 27.5 Å². The molecule has 0 unspecified atom stereocenters. The van der Waals surface area contributed by atoms with Crippen LogP contribution >= 0.6 is 0 Å². The maximum Gasteiger partial charge on any atom is 0.244 e. The molecule has 2 aromatic carbocycles. The molecule has 1 N–H and O–H groups in total. The molecule has 0 fully saturated rings. The number of nitrogens with zero attached hydrogens (tertiary/aromatic N) is 2. The van der Waals surface area contributed by atoms with Gasteiger partial charge in [0.1, 0.15) is 24.1 Å². The first-order valence-corrected chi connectivity index (χ1v) is 13.7. The van der Waals surface area contributed by atoms with E-state index in [2.05, 4.69) is 5.32 Å². The Morgan fingerprint density at radius 2 is 1.72 bits per heavy atom. The molecule has 1 atom stereocenters. The summed E-state index contributed by atoms with van der Waals surface area (Å²) in [7, 11) is -0.978. The van der Waals surface area contributed by atoms with Gasteiger partial charge >= 0.3 is 0 Å². The normalized spacial score (nSPS) is 11.9. The molecule has 2 amide bonds. The van der Waals surface area contributed by atoms with Crippen molar-refractivity contribution in [3.05, 3.63) is 53.6 Å². The number of nitrogens with one attached hydrogen (secondary N) is 1. The number of benzene rings is 2. The number of aryl methyl sites for hydroxylation is 1. The van der Waals surface area contributed by atoms with Crippen LogP contribution in [0.25, 0.3) is 0 Å². The summed E-state index contributed by atoms with van der Waals surface area (Å²) < 4.78 is 37.1. The van der Waals surface area contributed by atoms with Crippen LogP contribution < -0.4 is 19.1 Å². The number of carbonyl (C=O) groups excluding carboxylic acids is 2. The van der Waals surface area contributed by atoms with Crippen molar-refractivity contribution in [1.29, 1.82) is 0 Å². The van der Waals surface area contributed by atoms with Crippen molar-refractivity contribution in [3.63, 3.8) is 0 Å². The fourth-order valence-corrected chi connectivity index (χ4v) is 4.45. The maximum absolute atomic E-state index is 13.6. The molecule has 0 bridgehead atoms. The number of unbranched alkanes of at least 4 members (excludes halogenated alkanes) is 1. The Kier molecular flexibility index (Phi) is 10.6. The van der Waals surface area contributed by atoms with E-state index in [9.17, 15) is 18.0 Å². The molecule has 0 aliphatic rings. The number of sulfonamides is 1. The Bertz CT molecular complexity index is 1130. The zero-order valence-corrected chi connectivity index (χ0v) is 22.7. The van der Waals surface area contributed by atoms with Crippen LogP contribution in [0.2, 0.25) is 0 Å². The molecule has 2 aromatic rings. The van der Waals surface area contributed by atoms with Gasteiger partial charge in [0.05, 0.1) is 26.2 Å². The molecular formula is C26H37N3O6S. The van der Waals surface area contributed by atoms with Crippen molar-refractivity contribution in [2.24, 2.45) is 0 Å². The zero-order chi connectivity index (χ0) is 26.9. The highest BCUT2D eigenvalue weighted by Crippen LogP contribution is 2.33. The Morgan fingerprint density at radius 1 is 1.06 bits per heavy atom. The van der Waals surface area contributed by atoms with E-state index in [1.54, 1.807) is 19.1 Å². The minimum absolute atomic E-state index is 0.152. The highest BCUT2D eigenvalue weighted by atomic mass is 32.2. The van der Waals surface area contributed by atoms with Gasteiger partial charge in [-0.3, -0.25) is 13.9 Å². The average molecular weight is 520 g/mol. The lowest BCUT2D eigenvalue weighted by Crippen LogP contribution is -2.51. The standard InChI is InChI=1S/C26H37N3O6S/c1-7-8-15-27-26(31)20(3)28(17-21-11-9-19(2)10-12-21)25(30)18-29(36(6,32)33)23-14-13-22(34-4)16-24(23)35-5/h9-14,16,20H,7-8,15,17-18H2,1-6H3,(H,27,31)/t20-/m1/s1. The summed E-state index contributed by atoms with van der Waals surface area (Å²) in [6, 6.07) is 11.5. The molecule has 0 heterocycles. The van der Waals surface area contributed by atoms with E-state index in [0.29, 0.717) is 12.3 Å². The Labute approximate surface area is 214 Å². The van der Waals surface area contributed by atoms with E-state index in [0.717, 1.165) is 34.5 Å². The van der Waals surface area contributed by atoms with Crippen LogP contribution in [0.5, 0.6) is 11.5 Å². The minimum atomic E-state index is -3.88. The predicted molar refractivity (Wildman–Crippen MR) is 141 cm³/mol. The quantitative estimate of drug-likeness (QED) is 0.408. The lowest BCUT2D eigenvalue weighted by atomic mass is 10.1. The second-order valence-electron chi connectivity index (χ2n) is 8.64. The van der Waals surface area contributed by atoms with Crippen molar-refractivity contribution in [2.75, 3.05) is 37.9 Å². The predicted octanol–water partition coefficient (Wildman–Crippen LogP) is 3.11. The van der Waals surface area contributed by atoms with E-state index in [-0.39, 0.29) is 23.9 Å². The van der Waals surface area contributed by atoms with Crippen LogP contribution in [0.4, 0.5) is 5.69 Å². The third kappa shape index (κ3) is 7.87. The monoisotopic (exact) mass is 519 g/mol. The largest absolute Gasteiger partial charge is 0.497 e. The molecule has 10 heteroatoms. The molecular weight excluding hydrogens is 482 g/mol. The fourth-order valence-electron chi connectivity index (χ4n) is 3.59. The van der Waals surface area contributed by atoms with Crippen molar-refractivity contribution in [3.8, 4) is 11.5 Å². The Morgan fingerprint density at radius 3 is 2.28 bits per heavy atom. The summed E-state index contributed by atoms with van der Waals surface area (Å²) >= 11 is 0. The fraction of sp³-hybridized carbons (Fsp3) is 0.462. The Hall–Kier alpha value is -3.27. The second kappa shape index (κ2) is 13.2. The highest BCUT2D eigenvalue weighted by Gasteiger charge is 2.31. The molecule has 198 valence electrons. The van der Waals surface area contributed by atoms with E-state index >= 15 is 0 Å². The van der Waals surface area contributed by atoms with Gasteiger partial charge in [0.25, 0.3) is 0 Å². The molecule has 9 nitrogen and oxygen atoms in total. The zero-order valence-electron chi connectivity index (χ0n) is 21.9. The number of hydrogen-bond acceptors (Lipinski definition) is 6. The van der Waals surface area contributed by atoms with E-state index in [1.165, 1.54) is 25.2 Å². The smallest absolute Gasteiger partial charge is 0.244 e. The molecule has 0 aromatic heterocycles. The topological polar surface area (TPSA) is 105 Å². The van der Waals surface area contributed by atoms with Gasteiger partial charge in [0.15, 0.2) is 0 Å². The highest BCUT2D eigenvalue weighted by molar-refractivity contribution is 7.92. The van der Waals surface area contributed by atoms with Gasteiger partial charge in [-0.25, -0.2) is 8.42 Å². The number of carbonyl (C=O) groups is 2. The minimum Gasteiger partial charge on any atom is -0.497 e. The molecule has 0 aliphatic heterocycles. The molecule has 0 radical (unpaired) electrons. The summed E-state index contributed by atoms with van der Waals surface area (Å²) in [5.41, 5.74) is 2.09. The molecule has 0 saturated carbocycles. The first-order valence-electron chi connectivity index (χ1n) is 11.8. The number of hydrogen-bond donors (Lipinski definition) is 1. The van der Waals surface area contributed by atoms with Gasteiger partial charge in [-0.2, -0.15) is 0 Å². The van der Waals surface area contributed by atoms with Crippen LogP contribution in [0.15, 0.2) is 42.5 Å². The summed E-state index contributed by atoms with van der Waals surface area (Å²) in [6.07, 6.45) is 2.77. The van der Waals surface area contributed by atoms with Crippen molar-refractivity contribution in [2.45, 2.75) is 46.2 Å². The first-order chi connectivity index (χ1) is 17.0. The summed E-state index contributed by atoms with van der Waals surface area (Å²) in [5, 5.41) is 2.86. The third-order valence-electron chi connectivity index (χ3n) is 5.81. The van der Waals surface area contributed by atoms with Gasteiger partial charge in [0.2, 0.25) is 21.8 Å². The molecule has 0 spiro atoms. The summed E-state index contributed by atoms with van der Waals surface area (Å²) in [4.78, 5) is 27.9. The Balaban J connectivity index is 2.41.